The molecule has 1 fully saturated rings. The maximum absolute atomic E-state index is 11.9. The van der Waals surface area contributed by atoms with Crippen LogP contribution in [0.15, 0.2) is 36.5 Å². The van der Waals surface area contributed by atoms with Crippen molar-refractivity contribution in [3.8, 4) is 11.3 Å². The summed E-state index contributed by atoms with van der Waals surface area (Å²) < 4.78 is 28.9. The monoisotopic (exact) mass is 489 g/mol. The molecule has 0 aliphatic carbocycles. The van der Waals surface area contributed by atoms with Gasteiger partial charge in [-0.25, -0.2) is 4.68 Å². The van der Waals surface area contributed by atoms with Crippen molar-refractivity contribution in [2.45, 2.75) is 64.8 Å². The highest BCUT2D eigenvalue weighted by atomic mass is 16.7. The maximum atomic E-state index is 11.9. The largest absolute Gasteiger partial charge is 0.463 e. The third-order valence-electron chi connectivity index (χ3n) is 5.06. The van der Waals surface area contributed by atoms with Gasteiger partial charge in [-0.05, 0) is 0 Å². The molecular weight excluding hydrogens is 462 g/mol. The number of benzene rings is 1. The SMILES string of the molecule is CC(=O)OC[C@H]1O[C@@H](Cn2cc(-c3ccccc3)nn2)[C@H](OC(C)=O)[C@@H](OC(C)=O)[C@@H]1OC(C)=O. The molecule has 3 rings (SSSR count). The first-order chi connectivity index (χ1) is 16.6. The van der Waals surface area contributed by atoms with E-state index in [4.69, 9.17) is 23.7 Å². The van der Waals surface area contributed by atoms with Crippen molar-refractivity contribution >= 4 is 23.9 Å². The average Bonchev–Trinajstić information content (AvgIpc) is 3.25. The summed E-state index contributed by atoms with van der Waals surface area (Å²) >= 11 is 0. The van der Waals surface area contributed by atoms with Gasteiger partial charge in [-0.15, -0.1) is 5.10 Å². The predicted molar refractivity (Wildman–Crippen MR) is 117 cm³/mol. The van der Waals surface area contributed by atoms with Crippen LogP contribution in [0.1, 0.15) is 27.7 Å². The van der Waals surface area contributed by atoms with Gasteiger partial charge in [0.25, 0.3) is 0 Å². The van der Waals surface area contributed by atoms with E-state index in [1.807, 2.05) is 30.3 Å². The number of carbonyl (C=O) groups excluding carboxylic acids is 4. The van der Waals surface area contributed by atoms with Gasteiger partial charge in [0, 0.05) is 33.3 Å². The highest BCUT2D eigenvalue weighted by Crippen LogP contribution is 2.30. The Morgan fingerprint density at radius 2 is 1.40 bits per heavy atom. The van der Waals surface area contributed by atoms with Crippen LogP contribution in [0.5, 0.6) is 0 Å². The van der Waals surface area contributed by atoms with Crippen molar-refractivity contribution < 1.29 is 42.9 Å². The van der Waals surface area contributed by atoms with E-state index in [1.165, 1.54) is 32.4 Å². The van der Waals surface area contributed by atoms with E-state index in [0.717, 1.165) is 5.56 Å². The Kier molecular flexibility index (Phi) is 8.53. The van der Waals surface area contributed by atoms with Crippen molar-refractivity contribution in [1.29, 1.82) is 0 Å². The highest BCUT2D eigenvalue weighted by molar-refractivity contribution is 5.68. The van der Waals surface area contributed by atoms with E-state index in [0.29, 0.717) is 5.69 Å². The Morgan fingerprint density at radius 3 is 1.97 bits per heavy atom. The summed E-state index contributed by atoms with van der Waals surface area (Å²) in [5.41, 5.74) is 1.46. The number of aromatic nitrogens is 3. The van der Waals surface area contributed by atoms with E-state index in [2.05, 4.69) is 10.3 Å². The summed E-state index contributed by atoms with van der Waals surface area (Å²) in [5.74, 6) is -2.62. The van der Waals surface area contributed by atoms with Gasteiger partial charge in [0.05, 0.1) is 12.7 Å². The summed E-state index contributed by atoms with van der Waals surface area (Å²) in [6.07, 6.45) is -3.83. The van der Waals surface area contributed by atoms with Gasteiger partial charge < -0.3 is 23.7 Å². The maximum Gasteiger partial charge on any atom is 0.303 e. The first-order valence-electron chi connectivity index (χ1n) is 10.9. The van der Waals surface area contributed by atoms with Gasteiger partial charge in [0.1, 0.15) is 24.5 Å². The molecular formula is C23H27N3O9. The number of rotatable bonds is 8. The van der Waals surface area contributed by atoms with Crippen LogP contribution >= 0.6 is 0 Å². The fraction of sp³-hybridized carbons (Fsp3) is 0.478. The zero-order valence-electron chi connectivity index (χ0n) is 19.8. The molecule has 0 saturated carbocycles. The van der Waals surface area contributed by atoms with Crippen molar-refractivity contribution in [3.05, 3.63) is 36.5 Å². The van der Waals surface area contributed by atoms with E-state index >= 15 is 0 Å². The topological polar surface area (TPSA) is 145 Å². The molecule has 1 saturated heterocycles. The molecule has 0 spiro atoms. The zero-order valence-corrected chi connectivity index (χ0v) is 19.8. The lowest BCUT2D eigenvalue weighted by Crippen LogP contribution is -2.63. The summed E-state index contributed by atoms with van der Waals surface area (Å²) in [4.78, 5) is 47.1. The lowest BCUT2D eigenvalue weighted by molar-refractivity contribution is -0.254. The Hall–Kier alpha value is -3.80. The number of esters is 4. The van der Waals surface area contributed by atoms with E-state index in [1.54, 1.807) is 6.20 Å². The standard InChI is InChI=1S/C23H27N3O9/c1-13(27)31-12-20-22(33-15(3)29)23(34-16(4)30)21(32-14(2)28)19(35-20)11-26-10-18(24-25-26)17-8-6-5-7-9-17/h5-10,19-23H,11-12H2,1-4H3/t19-,20+,21-,22+,23+/m0/s1. The number of carbonyl (C=O) groups is 4. The molecule has 12 heteroatoms. The molecule has 2 heterocycles. The lowest BCUT2D eigenvalue weighted by Gasteiger charge is -2.44. The van der Waals surface area contributed by atoms with Crippen LogP contribution in [0.4, 0.5) is 0 Å². The first-order valence-corrected chi connectivity index (χ1v) is 10.9. The van der Waals surface area contributed by atoms with Crippen LogP contribution in [0, 0.1) is 0 Å². The smallest absolute Gasteiger partial charge is 0.303 e. The van der Waals surface area contributed by atoms with Crippen LogP contribution in [-0.2, 0) is 49.4 Å². The summed E-state index contributed by atoms with van der Waals surface area (Å²) in [6, 6.07) is 9.37. The lowest BCUT2D eigenvalue weighted by atomic mass is 9.94. The fourth-order valence-electron chi connectivity index (χ4n) is 3.78. The van der Waals surface area contributed by atoms with Gasteiger partial charge in [-0.3, -0.25) is 19.2 Å². The second-order valence-electron chi connectivity index (χ2n) is 7.93. The molecule has 0 radical (unpaired) electrons. The minimum absolute atomic E-state index is 0.0406. The van der Waals surface area contributed by atoms with Crippen LogP contribution in [0.2, 0.25) is 0 Å². The van der Waals surface area contributed by atoms with Gasteiger partial charge in [0.15, 0.2) is 18.3 Å². The number of hydrogen-bond acceptors (Lipinski definition) is 11. The molecule has 35 heavy (non-hydrogen) atoms. The van der Waals surface area contributed by atoms with Crippen molar-refractivity contribution in [2.75, 3.05) is 6.61 Å². The Labute approximate surface area is 201 Å². The van der Waals surface area contributed by atoms with Crippen LogP contribution in [0.3, 0.4) is 0 Å². The zero-order chi connectivity index (χ0) is 25.5. The van der Waals surface area contributed by atoms with E-state index in [9.17, 15) is 19.2 Å². The highest BCUT2D eigenvalue weighted by Gasteiger charge is 2.52. The second kappa shape index (κ2) is 11.6. The number of nitrogens with zero attached hydrogens (tertiary/aromatic N) is 3. The van der Waals surface area contributed by atoms with Gasteiger partial charge in [0.2, 0.25) is 0 Å². The molecule has 1 aromatic carbocycles. The predicted octanol–water partition coefficient (Wildman–Crippen LogP) is 1.07. The van der Waals surface area contributed by atoms with Gasteiger partial charge in [-0.1, -0.05) is 35.5 Å². The molecule has 188 valence electrons. The molecule has 1 aliphatic rings. The number of ether oxygens (including phenoxy) is 5. The molecule has 2 aromatic rings. The van der Waals surface area contributed by atoms with E-state index in [-0.39, 0.29) is 13.2 Å². The Balaban J connectivity index is 1.94. The quantitative estimate of drug-likeness (QED) is 0.388. The van der Waals surface area contributed by atoms with Crippen molar-refractivity contribution in [2.24, 2.45) is 0 Å². The molecule has 0 bridgehead atoms. The minimum Gasteiger partial charge on any atom is -0.463 e. The van der Waals surface area contributed by atoms with E-state index < -0.39 is 54.4 Å². The summed E-state index contributed by atoms with van der Waals surface area (Å²) in [6.45, 7) is 4.50. The van der Waals surface area contributed by atoms with Crippen molar-refractivity contribution in [1.82, 2.24) is 15.0 Å². The number of hydrogen-bond donors (Lipinski definition) is 0. The normalized spacial score (nSPS) is 23.7. The van der Waals surface area contributed by atoms with Crippen LogP contribution in [-0.4, -0.2) is 76.0 Å². The van der Waals surface area contributed by atoms with Crippen LogP contribution < -0.4 is 0 Å². The third kappa shape index (κ3) is 7.09. The molecule has 12 nitrogen and oxygen atoms in total. The average molecular weight is 489 g/mol. The van der Waals surface area contributed by atoms with Gasteiger partial charge >= 0.3 is 23.9 Å². The molecule has 5 atom stereocenters. The summed E-state index contributed by atoms with van der Waals surface area (Å²) in [7, 11) is 0. The van der Waals surface area contributed by atoms with Crippen LogP contribution in [0.25, 0.3) is 11.3 Å². The third-order valence-corrected chi connectivity index (χ3v) is 5.06. The molecule has 0 unspecified atom stereocenters. The van der Waals surface area contributed by atoms with Gasteiger partial charge in [-0.2, -0.15) is 0 Å². The Morgan fingerprint density at radius 1 is 0.829 bits per heavy atom. The first kappa shape index (κ1) is 25.8. The summed E-state index contributed by atoms with van der Waals surface area (Å²) in [5, 5.41) is 8.28. The fourth-order valence-corrected chi connectivity index (χ4v) is 3.78. The Bertz CT molecular complexity index is 1060. The molecule has 0 amide bonds. The minimum atomic E-state index is -1.23. The molecule has 1 aliphatic heterocycles. The molecule has 0 N–H and O–H groups in total. The second-order valence-corrected chi connectivity index (χ2v) is 7.93. The molecule has 1 aromatic heterocycles. The van der Waals surface area contributed by atoms with Crippen molar-refractivity contribution in [3.63, 3.8) is 0 Å².